The molecule has 1 aromatic heterocycles. The van der Waals surface area contributed by atoms with Crippen LogP contribution in [0.25, 0.3) is 0 Å². The molecule has 3 heterocycles. The Morgan fingerprint density at radius 1 is 1.24 bits per heavy atom. The van der Waals surface area contributed by atoms with Gasteiger partial charge in [0.05, 0.1) is 5.56 Å². The van der Waals surface area contributed by atoms with Crippen molar-refractivity contribution in [3.05, 3.63) is 23.9 Å². The largest absolute Gasteiger partial charge is 0.444 e. The first-order valence-electron chi connectivity index (χ1n) is 9.65. The minimum atomic E-state index is -4.50. The zero-order valence-corrected chi connectivity index (χ0v) is 17.0. The first-order chi connectivity index (χ1) is 13.3. The molecule has 1 aromatic rings. The number of anilines is 1. The molecule has 1 spiro atoms. The maximum absolute atomic E-state index is 13.0. The predicted molar refractivity (Wildman–Crippen MR) is 100 cm³/mol. The second-order valence-corrected chi connectivity index (χ2v) is 8.88. The van der Waals surface area contributed by atoms with E-state index in [2.05, 4.69) is 4.98 Å². The van der Waals surface area contributed by atoms with Gasteiger partial charge in [0.25, 0.3) is 0 Å². The molecule has 1 unspecified atom stereocenters. The van der Waals surface area contributed by atoms with E-state index in [0.717, 1.165) is 18.3 Å². The van der Waals surface area contributed by atoms with Crippen molar-refractivity contribution in [3.8, 4) is 0 Å². The van der Waals surface area contributed by atoms with Gasteiger partial charge in [-0.15, -0.1) is 0 Å². The van der Waals surface area contributed by atoms with E-state index in [4.69, 9.17) is 4.74 Å². The summed E-state index contributed by atoms with van der Waals surface area (Å²) in [6.45, 7) is 8.38. The highest BCUT2D eigenvalue weighted by molar-refractivity contribution is 5.97. The molecular formula is C20H26F3N3O3. The SMILES string of the molecule is CC1C(=O)N(c2cc(C(F)(F)F)ccn2)CC12CCN(C(=O)OC(C)(C)C)CC2. The highest BCUT2D eigenvalue weighted by atomic mass is 19.4. The van der Waals surface area contributed by atoms with Crippen LogP contribution in [-0.4, -0.2) is 47.1 Å². The van der Waals surface area contributed by atoms with Crippen LogP contribution < -0.4 is 4.90 Å². The zero-order valence-electron chi connectivity index (χ0n) is 17.0. The molecule has 2 amide bonds. The van der Waals surface area contributed by atoms with Crippen LogP contribution >= 0.6 is 0 Å². The summed E-state index contributed by atoms with van der Waals surface area (Å²) in [7, 11) is 0. The Morgan fingerprint density at radius 3 is 2.41 bits per heavy atom. The van der Waals surface area contributed by atoms with Crippen LogP contribution in [0.1, 0.15) is 46.1 Å². The molecule has 0 saturated carbocycles. The van der Waals surface area contributed by atoms with E-state index in [9.17, 15) is 22.8 Å². The lowest BCUT2D eigenvalue weighted by Crippen LogP contribution is -2.47. The number of carbonyl (C=O) groups is 2. The third kappa shape index (κ3) is 4.33. The van der Waals surface area contributed by atoms with Crippen LogP contribution in [0.15, 0.2) is 18.3 Å². The minimum absolute atomic E-state index is 0.0168. The van der Waals surface area contributed by atoms with Crippen molar-refractivity contribution in [2.45, 2.75) is 52.3 Å². The number of likely N-dealkylation sites (tertiary alicyclic amines) is 1. The molecule has 2 fully saturated rings. The van der Waals surface area contributed by atoms with Crippen molar-refractivity contribution in [3.63, 3.8) is 0 Å². The number of hydrogen-bond acceptors (Lipinski definition) is 4. The number of hydrogen-bond donors (Lipinski definition) is 0. The van der Waals surface area contributed by atoms with Crippen LogP contribution in [0.2, 0.25) is 0 Å². The van der Waals surface area contributed by atoms with Crippen molar-refractivity contribution in [2.75, 3.05) is 24.5 Å². The molecule has 0 aromatic carbocycles. The second-order valence-electron chi connectivity index (χ2n) is 8.88. The van der Waals surface area contributed by atoms with Gasteiger partial charge in [-0.2, -0.15) is 13.2 Å². The molecule has 0 N–H and O–H groups in total. The molecule has 1 atom stereocenters. The fourth-order valence-electron chi connectivity index (χ4n) is 4.01. The number of rotatable bonds is 1. The molecule has 6 nitrogen and oxygen atoms in total. The van der Waals surface area contributed by atoms with Crippen LogP contribution in [0.3, 0.4) is 0 Å². The first-order valence-corrected chi connectivity index (χ1v) is 9.65. The first kappa shape index (κ1) is 21.4. The van der Waals surface area contributed by atoms with Crippen LogP contribution in [-0.2, 0) is 15.7 Å². The summed E-state index contributed by atoms with van der Waals surface area (Å²) in [6, 6.07) is 1.81. The number of piperidine rings is 1. The van der Waals surface area contributed by atoms with E-state index in [1.165, 1.54) is 4.90 Å². The smallest absolute Gasteiger partial charge is 0.416 e. The molecule has 2 saturated heterocycles. The Balaban J connectivity index is 1.74. The van der Waals surface area contributed by atoms with Gasteiger partial charge in [-0.25, -0.2) is 9.78 Å². The molecular weight excluding hydrogens is 387 g/mol. The van der Waals surface area contributed by atoms with Crippen molar-refractivity contribution in [1.82, 2.24) is 9.88 Å². The monoisotopic (exact) mass is 413 g/mol. The number of pyridine rings is 1. The molecule has 3 rings (SSSR count). The van der Waals surface area contributed by atoms with Gasteiger partial charge in [-0.1, -0.05) is 6.92 Å². The maximum Gasteiger partial charge on any atom is 0.416 e. The summed E-state index contributed by atoms with van der Waals surface area (Å²) in [5.41, 5.74) is -1.82. The number of alkyl halides is 3. The van der Waals surface area contributed by atoms with Gasteiger partial charge < -0.3 is 9.64 Å². The molecule has 160 valence electrons. The number of aromatic nitrogens is 1. The van der Waals surface area contributed by atoms with Crippen LogP contribution in [0.4, 0.5) is 23.8 Å². The van der Waals surface area contributed by atoms with E-state index in [-0.39, 0.29) is 23.7 Å². The Labute approximate surface area is 168 Å². The Kier molecular flexibility index (Phi) is 5.29. The Bertz CT molecular complexity index is 796. The van der Waals surface area contributed by atoms with Crippen molar-refractivity contribution in [2.24, 2.45) is 11.3 Å². The Morgan fingerprint density at radius 2 is 1.86 bits per heavy atom. The van der Waals surface area contributed by atoms with E-state index in [1.54, 1.807) is 32.6 Å². The molecule has 29 heavy (non-hydrogen) atoms. The predicted octanol–water partition coefficient (Wildman–Crippen LogP) is 4.10. The third-order valence-electron chi connectivity index (χ3n) is 5.79. The number of halogens is 3. The molecule has 9 heteroatoms. The van der Waals surface area contributed by atoms with Crippen molar-refractivity contribution >= 4 is 17.8 Å². The summed E-state index contributed by atoms with van der Waals surface area (Å²) in [6.07, 6.45) is -2.65. The van der Waals surface area contributed by atoms with E-state index in [1.807, 2.05) is 0 Å². The van der Waals surface area contributed by atoms with Gasteiger partial charge in [-0.3, -0.25) is 9.69 Å². The van der Waals surface area contributed by atoms with Gasteiger partial charge in [0.15, 0.2) is 0 Å². The van der Waals surface area contributed by atoms with Gasteiger partial charge in [-0.05, 0) is 45.7 Å². The average Bonchev–Trinajstić information content (AvgIpc) is 2.86. The minimum Gasteiger partial charge on any atom is -0.444 e. The lowest BCUT2D eigenvalue weighted by atomic mass is 9.71. The van der Waals surface area contributed by atoms with Gasteiger partial charge in [0.1, 0.15) is 11.4 Å². The number of ether oxygens (including phenoxy) is 1. The van der Waals surface area contributed by atoms with Gasteiger partial charge in [0, 0.05) is 37.2 Å². The zero-order chi connectivity index (χ0) is 21.6. The molecule has 0 radical (unpaired) electrons. The summed E-state index contributed by atoms with van der Waals surface area (Å²) < 4.78 is 44.5. The highest BCUT2D eigenvalue weighted by Gasteiger charge is 2.52. The van der Waals surface area contributed by atoms with Crippen molar-refractivity contribution in [1.29, 1.82) is 0 Å². The summed E-state index contributed by atoms with van der Waals surface area (Å²) >= 11 is 0. The second kappa shape index (κ2) is 7.18. The fraction of sp³-hybridized carbons (Fsp3) is 0.650. The molecule has 0 bridgehead atoms. The van der Waals surface area contributed by atoms with E-state index in [0.29, 0.717) is 32.5 Å². The summed E-state index contributed by atoms with van der Waals surface area (Å²) in [4.78, 5) is 32.1. The van der Waals surface area contributed by atoms with E-state index < -0.39 is 22.8 Å². The normalized spacial score (nSPS) is 22.3. The standard InChI is InChI=1S/C20H26F3N3O3/c1-13-16(27)26(15-11-14(5-8-24-15)20(21,22)23)12-19(13)6-9-25(10-7-19)17(28)29-18(2,3)4/h5,8,11,13H,6-7,9-10,12H2,1-4H3. The molecule has 2 aliphatic heterocycles. The Hall–Kier alpha value is -2.32. The lowest BCUT2D eigenvalue weighted by molar-refractivity contribution is -0.137. The molecule has 0 aliphatic carbocycles. The number of amides is 2. The summed E-state index contributed by atoms with van der Waals surface area (Å²) in [5, 5.41) is 0. The maximum atomic E-state index is 13.0. The topological polar surface area (TPSA) is 62.7 Å². The van der Waals surface area contributed by atoms with Crippen molar-refractivity contribution < 1.29 is 27.5 Å². The summed E-state index contributed by atoms with van der Waals surface area (Å²) in [5.74, 6) is -0.578. The fourth-order valence-corrected chi connectivity index (χ4v) is 4.01. The van der Waals surface area contributed by atoms with Crippen LogP contribution in [0.5, 0.6) is 0 Å². The molecule has 2 aliphatic rings. The van der Waals surface area contributed by atoms with Gasteiger partial charge >= 0.3 is 12.3 Å². The average molecular weight is 413 g/mol. The highest BCUT2D eigenvalue weighted by Crippen LogP contribution is 2.46. The quantitative estimate of drug-likeness (QED) is 0.696. The van der Waals surface area contributed by atoms with Gasteiger partial charge in [0.2, 0.25) is 5.91 Å². The third-order valence-corrected chi connectivity index (χ3v) is 5.79. The lowest BCUT2D eigenvalue weighted by Gasteiger charge is -2.41. The van der Waals surface area contributed by atoms with E-state index >= 15 is 0 Å². The van der Waals surface area contributed by atoms with Crippen LogP contribution in [0, 0.1) is 11.3 Å². The number of nitrogens with zero attached hydrogens (tertiary/aromatic N) is 3. The number of carbonyl (C=O) groups excluding carboxylic acids is 2.